The van der Waals surface area contributed by atoms with E-state index in [4.69, 9.17) is 9.15 Å². The summed E-state index contributed by atoms with van der Waals surface area (Å²) in [5.41, 5.74) is 3.01. The lowest BCUT2D eigenvalue weighted by atomic mass is 10.0. The third-order valence-corrected chi connectivity index (χ3v) is 5.49. The van der Waals surface area contributed by atoms with Gasteiger partial charge in [-0.25, -0.2) is 5.10 Å². The summed E-state index contributed by atoms with van der Waals surface area (Å²) in [5.74, 6) is 0.960. The molecule has 0 bridgehead atoms. The highest BCUT2D eigenvalue weighted by Crippen LogP contribution is 2.30. The summed E-state index contributed by atoms with van der Waals surface area (Å²) in [5, 5.41) is 11.8. The number of aryl methyl sites for hydroxylation is 1. The van der Waals surface area contributed by atoms with E-state index in [0.29, 0.717) is 51.4 Å². The Balaban J connectivity index is 1.44. The van der Waals surface area contributed by atoms with E-state index in [1.807, 2.05) is 49.4 Å². The van der Waals surface area contributed by atoms with E-state index < -0.39 is 0 Å². The predicted octanol–water partition coefficient (Wildman–Crippen LogP) is 5.30. The second-order valence-corrected chi connectivity index (χ2v) is 7.60. The lowest BCUT2D eigenvalue weighted by Crippen LogP contribution is -2.12. The maximum atomic E-state index is 13.1. The SMILES string of the molecule is CCOc1ccc2oc(C)c(C(=O)Nc3ccc(-c4n[nH]c(=O)c5ccccc45)cc3)c2c1. The maximum absolute atomic E-state index is 13.1. The van der Waals surface area contributed by atoms with Crippen LogP contribution in [0.15, 0.2) is 75.9 Å². The Labute approximate surface area is 189 Å². The Morgan fingerprint density at radius 2 is 1.79 bits per heavy atom. The van der Waals surface area contributed by atoms with Crippen LogP contribution in [0.25, 0.3) is 33.0 Å². The summed E-state index contributed by atoms with van der Waals surface area (Å²) in [6.07, 6.45) is 0. The molecule has 0 aliphatic heterocycles. The second-order valence-electron chi connectivity index (χ2n) is 7.60. The molecule has 33 heavy (non-hydrogen) atoms. The number of fused-ring (bicyclic) bond motifs is 2. The molecule has 0 saturated carbocycles. The highest BCUT2D eigenvalue weighted by molar-refractivity contribution is 6.13. The summed E-state index contributed by atoms with van der Waals surface area (Å²) in [4.78, 5) is 25.1. The van der Waals surface area contributed by atoms with Crippen molar-refractivity contribution in [3.8, 4) is 17.0 Å². The molecule has 2 aromatic heterocycles. The molecule has 0 radical (unpaired) electrons. The molecule has 0 saturated heterocycles. The minimum Gasteiger partial charge on any atom is -0.494 e. The van der Waals surface area contributed by atoms with Gasteiger partial charge in [-0.3, -0.25) is 9.59 Å². The van der Waals surface area contributed by atoms with Crippen molar-refractivity contribution in [2.75, 3.05) is 11.9 Å². The Morgan fingerprint density at radius 1 is 1.03 bits per heavy atom. The summed E-state index contributed by atoms with van der Waals surface area (Å²) in [6, 6.07) is 20.1. The molecule has 2 heterocycles. The Morgan fingerprint density at radius 3 is 2.55 bits per heavy atom. The minimum absolute atomic E-state index is 0.228. The van der Waals surface area contributed by atoms with Gasteiger partial charge in [-0.2, -0.15) is 5.10 Å². The molecule has 0 unspecified atom stereocenters. The first-order valence-electron chi connectivity index (χ1n) is 10.6. The number of nitrogens with one attached hydrogen (secondary N) is 2. The molecule has 5 aromatic rings. The Hall–Kier alpha value is -4.39. The van der Waals surface area contributed by atoms with Crippen molar-refractivity contribution in [3.63, 3.8) is 0 Å². The van der Waals surface area contributed by atoms with Crippen LogP contribution in [0, 0.1) is 6.92 Å². The first kappa shape index (κ1) is 20.5. The number of carbonyl (C=O) groups is 1. The first-order chi connectivity index (χ1) is 16.0. The van der Waals surface area contributed by atoms with Crippen molar-refractivity contribution in [1.82, 2.24) is 10.2 Å². The standard InChI is InChI=1S/C26H21N3O4/c1-3-32-18-12-13-22-21(14-18)23(15(2)33-22)26(31)27-17-10-8-16(9-11-17)24-19-6-4-5-7-20(19)25(30)29-28-24/h4-14H,3H2,1-2H3,(H,27,31)(H,29,30). The minimum atomic E-state index is -0.264. The molecule has 0 fully saturated rings. The number of rotatable bonds is 5. The fourth-order valence-electron chi connectivity index (χ4n) is 3.98. The average Bonchev–Trinajstić information content (AvgIpc) is 3.15. The zero-order valence-corrected chi connectivity index (χ0v) is 18.1. The zero-order chi connectivity index (χ0) is 22.9. The van der Waals surface area contributed by atoms with Gasteiger partial charge in [0.15, 0.2) is 0 Å². The molecule has 7 nitrogen and oxygen atoms in total. The molecule has 0 aliphatic rings. The monoisotopic (exact) mass is 439 g/mol. The molecule has 1 amide bonds. The number of aromatic nitrogens is 2. The quantitative estimate of drug-likeness (QED) is 0.388. The molecule has 164 valence electrons. The van der Waals surface area contributed by atoms with E-state index in [-0.39, 0.29) is 11.5 Å². The highest BCUT2D eigenvalue weighted by Gasteiger charge is 2.19. The van der Waals surface area contributed by atoms with Crippen LogP contribution >= 0.6 is 0 Å². The van der Waals surface area contributed by atoms with Gasteiger partial charge in [-0.15, -0.1) is 0 Å². The van der Waals surface area contributed by atoms with Gasteiger partial charge in [-0.1, -0.05) is 30.3 Å². The lowest BCUT2D eigenvalue weighted by Gasteiger charge is -2.08. The lowest BCUT2D eigenvalue weighted by molar-refractivity contribution is 0.102. The van der Waals surface area contributed by atoms with E-state index in [9.17, 15) is 9.59 Å². The van der Waals surface area contributed by atoms with Gasteiger partial charge in [0.2, 0.25) is 0 Å². The van der Waals surface area contributed by atoms with Gasteiger partial charge < -0.3 is 14.5 Å². The number of benzene rings is 3. The van der Waals surface area contributed by atoms with Crippen LogP contribution in [0.3, 0.4) is 0 Å². The van der Waals surface area contributed by atoms with Gasteiger partial charge in [0, 0.05) is 22.0 Å². The largest absolute Gasteiger partial charge is 0.494 e. The summed E-state index contributed by atoms with van der Waals surface area (Å²) < 4.78 is 11.3. The number of hydrogen-bond acceptors (Lipinski definition) is 5. The topological polar surface area (TPSA) is 97.2 Å². The maximum Gasteiger partial charge on any atom is 0.272 e. The van der Waals surface area contributed by atoms with Crippen LogP contribution in [0.1, 0.15) is 23.0 Å². The van der Waals surface area contributed by atoms with E-state index in [2.05, 4.69) is 15.5 Å². The molecule has 3 aromatic carbocycles. The van der Waals surface area contributed by atoms with Crippen molar-refractivity contribution < 1.29 is 13.9 Å². The van der Waals surface area contributed by atoms with Gasteiger partial charge in [0.05, 0.1) is 23.3 Å². The zero-order valence-electron chi connectivity index (χ0n) is 18.1. The third kappa shape index (κ3) is 3.74. The molecule has 0 spiro atoms. The molecule has 0 atom stereocenters. The molecule has 2 N–H and O–H groups in total. The van der Waals surface area contributed by atoms with Crippen molar-refractivity contribution in [3.05, 3.63) is 88.4 Å². The summed E-state index contributed by atoms with van der Waals surface area (Å²) >= 11 is 0. The number of ether oxygens (including phenoxy) is 1. The van der Waals surface area contributed by atoms with E-state index >= 15 is 0 Å². The van der Waals surface area contributed by atoms with Crippen molar-refractivity contribution in [2.24, 2.45) is 0 Å². The predicted molar refractivity (Wildman–Crippen MR) is 128 cm³/mol. The number of H-pyrrole nitrogens is 1. The van der Waals surface area contributed by atoms with Crippen molar-refractivity contribution in [2.45, 2.75) is 13.8 Å². The van der Waals surface area contributed by atoms with E-state index in [0.717, 1.165) is 10.9 Å². The second kappa shape index (κ2) is 8.27. The molecular formula is C26H21N3O4. The van der Waals surface area contributed by atoms with Gasteiger partial charge in [-0.05, 0) is 50.2 Å². The third-order valence-electron chi connectivity index (χ3n) is 5.49. The Kier molecular flexibility index (Phi) is 5.14. The van der Waals surface area contributed by atoms with Crippen LogP contribution in [-0.2, 0) is 0 Å². The van der Waals surface area contributed by atoms with E-state index in [1.54, 1.807) is 31.2 Å². The summed E-state index contributed by atoms with van der Waals surface area (Å²) in [7, 11) is 0. The number of amides is 1. The van der Waals surface area contributed by atoms with Crippen LogP contribution in [-0.4, -0.2) is 22.7 Å². The van der Waals surface area contributed by atoms with Crippen molar-refractivity contribution in [1.29, 1.82) is 0 Å². The normalized spacial score (nSPS) is 11.1. The van der Waals surface area contributed by atoms with Crippen LogP contribution in [0.5, 0.6) is 5.75 Å². The number of nitrogens with zero attached hydrogens (tertiary/aromatic N) is 1. The molecule has 7 heteroatoms. The number of anilines is 1. The van der Waals surface area contributed by atoms with Crippen LogP contribution in [0.2, 0.25) is 0 Å². The smallest absolute Gasteiger partial charge is 0.272 e. The first-order valence-corrected chi connectivity index (χ1v) is 10.6. The summed E-state index contributed by atoms with van der Waals surface area (Å²) in [6.45, 7) is 4.22. The molecule has 5 rings (SSSR count). The number of carbonyl (C=O) groups excluding carboxylic acids is 1. The average molecular weight is 439 g/mol. The number of aromatic amines is 1. The van der Waals surface area contributed by atoms with Crippen LogP contribution < -0.4 is 15.6 Å². The van der Waals surface area contributed by atoms with Gasteiger partial charge in [0.1, 0.15) is 17.1 Å². The van der Waals surface area contributed by atoms with Gasteiger partial charge >= 0.3 is 0 Å². The van der Waals surface area contributed by atoms with Gasteiger partial charge in [0.25, 0.3) is 11.5 Å². The molecule has 0 aliphatic carbocycles. The fourth-order valence-corrected chi connectivity index (χ4v) is 3.98. The highest BCUT2D eigenvalue weighted by atomic mass is 16.5. The Bertz CT molecular complexity index is 1550. The molecular weight excluding hydrogens is 418 g/mol. The number of furan rings is 1. The van der Waals surface area contributed by atoms with Crippen LogP contribution in [0.4, 0.5) is 5.69 Å². The van der Waals surface area contributed by atoms with Crippen molar-refractivity contribution >= 4 is 33.3 Å². The van der Waals surface area contributed by atoms with E-state index in [1.165, 1.54) is 0 Å². The number of hydrogen-bond donors (Lipinski definition) is 2. The fraction of sp³-hybridized carbons (Fsp3) is 0.115.